The van der Waals surface area contributed by atoms with E-state index in [1.165, 1.54) is 10.6 Å². The fraction of sp³-hybridized carbons (Fsp3) is 0.200. The maximum atomic E-state index is 12.9. The molecule has 10 heteroatoms. The normalized spacial score (nSPS) is 11.8. The van der Waals surface area contributed by atoms with E-state index in [1.54, 1.807) is 19.9 Å². The van der Waals surface area contributed by atoms with Crippen LogP contribution in [0.4, 0.5) is 18.9 Å². The molecule has 0 aliphatic rings. The number of anilines is 1. The van der Waals surface area contributed by atoms with E-state index in [0.29, 0.717) is 5.69 Å². The van der Waals surface area contributed by atoms with E-state index >= 15 is 0 Å². The van der Waals surface area contributed by atoms with Crippen LogP contribution in [0.1, 0.15) is 27.6 Å². The number of fused-ring (bicyclic) bond motifs is 1. The highest BCUT2D eigenvalue weighted by atomic mass is 35.5. The van der Waals surface area contributed by atoms with E-state index in [2.05, 4.69) is 20.4 Å². The van der Waals surface area contributed by atoms with Crippen LogP contribution in [-0.4, -0.2) is 25.5 Å². The number of aromatic nitrogens is 4. The number of carbonyl (C=O) groups is 1. The third kappa shape index (κ3) is 3.41. The first kappa shape index (κ1) is 17.2. The molecular formula is C15H11ClF3N5O. The largest absolute Gasteiger partial charge is 0.417 e. The predicted molar refractivity (Wildman–Crippen MR) is 84.7 cm³/mol. The van der Waals surface area contributed by atoms with E-state index in [9.17, 15) is 18.0 Å². The van der Waals surface area contributed by atoms with Crippen molar-refractivity contribution in [3.8, 4) is 0 Å². The van der Waals surface area contributed by atoms with E-state index < -0.39 is 22.7 Å². The van der Waals surface area contributed by atoms with Crippen LogP contribution < -0.4 is 5.32 Å². The van der Waals surface area contributed by atoms with Crippen LogP contribution in [0.2, 0.25) is 5.02 Å². The Morgan fingerprint density at radius 1 is 1.20 bits per heavy atom. The van der Waals surface area contributed by atoms with Gasteiger partial charge in [0.2, 0.25) is 5.82 Å². The van der Waals surface area contributed by atoms with Crippen LogP contribution in [-0.2, 0) is 6.18 Å². The molecule has 0 spiro atoms. The van der Waals surface area contributed by atoms with Gasteiger partial charge in [0.25, 0.3) is 11.7 Å². The van der Waals surface area contributed by atoms with Gasteiger partial charge in [0.05, 0.1) is 10.6 Å². The van der Waals surface area contributed by atoms with Crippen molar-refractivity contribution in [2.24, 2.45) is 0 Å². The lowest BCUT2D eigenvalue weighted by Crippen LogP contribution is -2.15. The van der Waals surface area contributed by atoms with Crippen molar-refractivity contribution in [3.63, 3.8) is 0 Å². The number of hydrogen-bond acceptors (Lipinski definition) is 4. The second kappa shape index (κ2) is 5.99. The summed E-state index contributed by atoms with van der Waals surface area (Å²) < 4.78 is 40.0. The molecule has 2 heterocycles. The molecule has 0 atom stereocenters. The molecule has 0 unspecified atom stereocenters. The summed E-state index contributed by atoms with van der Waals surface area (Å²) in [6.07, 6.45) is -4.63. The number of amides is 1. The minimum atomic E-state index is -4.63. The average molecular weight is 370 g/mol. The number of nitrogens with zero attached hydrogens (tertiary/aromatic N) is 4. The molecule has 3 rings (SSSR count). The molecule has 0 radical (unpaired) electrons. The summed E-state index contributed by atoms with van der Waals surface area (Å²) in [5.41, 5.74) is 0.321. The number of benzene rings is 1. The van der Waals surface area contributed by atoms with Crippen molar-refractivity contribution in [3.05, 3.63) is 52.1 Å². The second-order valence-electron chi connectivity index (χ2n) is 5.33. The van der Waals surface area contributed by atoms with Crippen molar-refractivity contribution >= 4 is 29.0 Å². The Labute approximate surface area is 144 Å². The minimum absolute atomic E-state index is 0.0681. The molecule has 0 bridgehead atoms. The maximum absolute atomic E-state index is 12.9. The third-order valence-electron chi connectivity index (χ3n) is 3.35. The third-order valence-corrected chi connectivity index (χ3v) is 3.68. The summed E-state index contributed by atoms with van der Waals surface area (Å²) in [6.45, 7) is 3.54. The highest BCUT2D eigenvalue weighted by Crippen LogP contribution is 2.36. The molecule has 0 fully saturated rings. The summed E-state index contributed by atoms with van der Waals surface area (Å²) in [4.78, 5) is 20.4. The van der Waals surface area contributed by atoms with Crippen LogP contribution >= 0.6 is 11.6 Å². The van der Waals surface area contributed by atoms with Gasteiger partial charge in [0.15, 0.2) is 0 Å². The minimum Gasteiger partial charge on any atom is -0.319 e. The Hall–Kier alpha value is -2.68. The number of alkyl halides is 3. The van der Waals surface area contributed by atoms with Crippen LogP contribution in [0.5, 0.6) is 0 Å². The quantitative estimate of drug-likeness (QED) is 0.748. The predicted octanol–water partition coefficient (Wildman–Crippen LogP) is 3.67. The smallest absolute Gasteiger partial charge is 0.319 e. The first-order valence-electron chi connectivity index (χ1n) is 7.04. The second-order valence-corrected chi connectivity index (χ2v) is 5.74. The lowest BCUT2D eigenvalue weighted by atomic mass is 10.2. The van der Waals surface area contributed by atoms with Crippen LogP contribution in [0.3, 0.4) is 0 Å². The van der Waals surface area contributed by atoms with Gasteiger partial charge in [-0.1, -0.05) is 11.6 Å². The zero-order chi connectivity index (χ0) is 18.4. The standard InChI is InChI=1S/C15H11ClF3N5O/c1-7-5-8(2)24-14(20-7)22-12(23-24)13(25)21-9-3-4-11(16)10(6-9)15(17,18)19/h3-6H,1-2H3,(H,21,25). The van der Waals surface area contributed by atoms with E-state index in [-0.39, 0.29) is 17.3 Å². The van der Waals surface area contributed by atoms with E-state index in [0.717, 1.165) is 17.8 Å². The van der Waals surface area contributed by atoms with Crippen LogP contribution in [0.15, 0.2) is 24.3 Å². The van der Waals surface area contributed by atoms with Crippen molar-refractivity contribution in [1.29, 1.82) is 0 Å². The molecule has 1 amide bonds. The molecule has 130 valence electrons. The van der Waals surface area contributed by atoms with Gasteiger partial charge in [-0.2, -0.15) is 18.2 Å². The van der Waals surface area contributed by atoms with Gasteiger partial charge in [-0.25, -0.2) is 9.50 Å². The van der Waals surface area contributed by atoms with Gasteiger partial charge in [-0.05, 0) is 38.1 Å². The molecule has 0 saturated carbocycles. The van der Waals surface area contributed by atoms with Gasteiger partial charge in [-0.3, -0.25) is 4.79 Å². The summed E-state index contributed by atoms with van der Waals surface area (Å²) in [7, 11) is 0. The highest BCUT2D eigenvalue weighted by Gasteiger charge is 2.33. The number of rotatable bonds is 2. The molecule has 0 aliphatic heterocycles. The molecule has 2 aromatic heterocycles. The molecule has 6 nitrogen and oxygen atoms in total. The molecule has 0 saturated heterocycles. The SMILES string of the molecule is Cc1cc(C)n2nc(C(=O)Nc3ccc(Cl)c(C(F)(F)F)c3)nc2n1. The Bertz CT molecular complexity index is 983. The molecule has 0 aliphatic carbocycles. The van der Waals surface area contributed by atoms with Gasteiger partial charge >= 0.3 is 6.18 Å². The van der Waals surface area contributed by atoms with Crippen molar-refractivity contribution in [1.82, 2.24) is 19.6 Å². The zero-order valence-electron chi connectivity index (χ0n) is 13.0. The highest BCUT2D eigenvalue weighted by molar-refractivity contribution is 6.31. The summed E-state index contributed by atoms with van der Waals surface area (Å²) in [5, 5.41) is 5.90. The topological polar surface area (TPSA) is 72.2 Å². The van der Waals surface area contributed by atoms with Crippen molar-refractivity contribution < 1.29 is 18.0 Å². The van der Waals surface area contributed by atoms with Crippen LogP contribution in [0.25, 0.3) is 5.78 Å². The van der Waals surface area contributed by atoms with Crippen LogP contribution in [0, 0.1) is 13.8 Å². The summed E-state index contributed by atoms with van der Waals surface area (Å²) in [5.74, 6) is -0.725. The molecule has 1 N–H and O–H groups in total. The van der Waals surface area contributed by atoms with Gasteiger partial charge < -0.3 is 5.32 Å². The van der Waals surface area contributed by atoms with Gasteiger partial charge in [0.1, 0.15) is 0 Å². The molecule has 3 aromatic rings. The Balaban J connectivity index is 1.92. The molecule has 1 aromatic carbocycles. The Kier molecular flexibility index (Phi) is 4.11. The van der Waals surface area contributed by atoms with Crippen molar-refractivity contribution in [2.75, 3.05) is 5.32 Å². The average Bonchev–Trinajstić information content (AvgIpc) is 2.92. The van der Waals surface area contributed by atoms with E-state index in [1.807, 2.05) is 0 Å². The lowest BCUT2D eigenvalue weighted by Gasteiger charge is -2.11. The van der Waals surface area contributed by atoms with Gasteiger partial charge in [-0.15, -0.1) is 5.10 Å². The number of nitrogens with one attached hydrogen (secondary N) is 1. The molecule has 25 heavy (non-hydrogen) atoms. The number of aryl methyl sites for hydroxylation is 2. The summed E-state index contributed by atoms with van der Waals surface area (Å²) >= 11 is 5.55. The maximum Gasteiger partial charge on any atom is 0.417 e. The monoisotopic (exact) mass is 369 g/mol. The Morgan fingerprint density at radius 3 is 2.60 bits per heavy atom. The fourth-order valence-electron chi connectivity index (χ4n) is 2.27. The Morgan fingerprint density at radius 2 is 1.92 bits per heavy atom. The first-order valence-corrected chi connectivity index (χ1v) is 7.42. The number of carbonyl (C=O) groups excluding carboxylic acids is 1. The van der Waals surface area contributed by atoms with Crippen molar-refractivity contribution in [2.45, 2.75) is 20.0 Å². The fourth-order valence-corrected chi connectivity index (χ4v) is 2.49. The molecular weight excluding hydrogens is 359 g/mol. The number of halogens is 4. The first-order chi connectivity index (χ1) is 11.6. The van der Waals surface area contributed by atoms with Gasteiger partial charge in [0, 0.05) is 17.1 Å². The lowest BCUT2D eigenvalue weighted by molar-refractivity contribution is -0.137. The summed E-state index contributed by atoms with van der Waals surface area (Å²) in [6, 6.07) is 4.84. The van der Waals surface area contributed by atoms with E-state index in [4.69, 9.17) is 11.6 Å². The zero-order valence-corrected chi connectivity index (χ0v) is 13.8. The number of hydrogen-bond donors (Lipinski definition) is 1.